The van der Waals surface area contributed by atoms with E-state index in [2.05, 4.69) is 4.79 Å². The molecule has 0 heterocycles. The largest absolute Gasteiger partial charge is 0.436 e. The molecule has 0 saturated carbocycles. The van der Waals surface area contributed by atoms with Crippen LogP contribution in [0, 0.1) is 0 Å². The average molecular weight is 182 g/mol. The van der Waals surface area contributed by atoms with Crippen LogP contribution in [-0.4, -0.2) is 18.4 Å². The molecule has 0 atom stereocenters. The summed E-state index contributed by atoms with van der Waals surface area (Å²) >= 11 is 0. The van der Waals surface area contributed by atoms with E-state index >= 15 is 0 Å². The number of isothiocyanates is 1. The maximum absolute atomic E-state index is 9.23. The van der Waals surface area contributed by atoms with Gasteiger partial charge in [-0.15, -0.1) is 0 Å². The van der Waals surface area contributed by atoms with Crippen LogP contribution in [0.25, 0.3) is 5.53 Å². The maximum Gasteiger partial charge on any atom is 0.436 e. The smallest absolute Gasteiger partial charge is 0.347 e. The summed E-state index contributed by atoms with van der Waals surface area (Å²) < 4.78 is 18.5. The van der Waals surface area contributed by atoms with Crippen LogP contribution in [0.4, 0.5) is 0 Å². The highest BCUT2D eigenvalue weighted by Gasteiger charge is 1.58. The first-order chi connectivity index (χ1) is 5.77. The molecule has 0 spiro atoms. The van der Waals surface area contributed by atoms with Crippen LogP contribution >= 0.6 is 0 Å². The maximum atomic E-state index is 9.23. The molecule has 0 bridgehead atoms. The van der Waals surface area contributed by atoms with Gasteiger partial charge in [0.15, 0.2) is 0 Å². The normalized spacial score (nSPS) is 6.67. The lowest BCUT2D eigenvalue weighted by atomic mass is 10.4. The highest BCUT2D eigenvalue weighted by molar-refractivity contribution is 7.70. The van der Waals surface area contributed by atoms with E-state index in [9.17, 15) is 8.42 Å². The molecule has 62 valence electrons. The molecule has 1 rings (SSSR count). The third-order valence-electron chi connectivity index (χ3n) is 0.782. The van der Waals surface area contributed by atoms with Gasteiger partial charge in [-0.2, -0.15) is 8.42 Å². The lowest BCUT2D eigenvalue weighted by molar-refractivity contribution is 0.00944. The molecule has 12 heavy (non-hydrogen) atoms. The van der Waals surface area contributed by atoms with Crippen molar-refractivity contribution in [2.45, 2.75) is 0 Å². The number of benzene rings is 1. The van der Waals surface area contributed by atoms with E-state index in [-0.39, 0.29) is 0 Å². The molecule has 0 aromatic heterocycles. The topological polar surface area (TPSA) is 70.5 Å². The predicted molar refractivity (Wildman–Crippen MR) is 44.0 cm³/mol. The quantitative estimate of drug-likeness (QED) is 0.256. The Morgan fingerprint density at radius 2 is 1.33 bits per heavy atom. The number of nitrogens with zero attached hydrogens (tertiary/aromatic N) is 2. The Bertz CT molecular complexity index is 352. The number of hydrogen-bond acceptors (Lipinski definition) is 2. The molecular formula is C7H6N2O2S. The Balaban J connectivity index is 0.000000202. The highest BCUT2D eigenvalue weighted by atomic mass is 32.2. The fraction of sp³-hybridized carbons (Fsp3) is 0. The van der Waals surface area contributed by atoms with Gasteiger partial charge in [-0.25, -0.2) is 0 Å². The van der Waals surface area contributed by atoms with Crippen LogP contribution in [0.5, 0.6) is 0 Å². The monoisotopic (exact) mass is 182 g/mol. The fourth-order valence-corrected chi connectivity index (χ4v) is 0.485. The zero-order valence-electron chi connectivity index (χ0n) is 6.08. The lowest BCUT2D eigenvalue weighted by Crippen LogP contribution is -1.53. The van der Waals surface area contributed by atoms with E-state index in [0.717, 1.165) is 0 Å². The molecule has 0 aliphatic rings. The Labute approximate surface area is 71.2 Å². The van der Waals surface area contributed by atoms with E-state index in [1.165, 1.54) is 5.16 Å². The first-order valence-corrected chi connectivity index (χ1v) is 4.04. The molecule has 1 aromatic carbocycles. The molecule has 5 heteroatoms. The van der Waals surface area contributed by atoms with Crippen LogP contribution in [0.3, 0.4) is 0 Å². The molecule has 0 aliphatic heterocycles. The molecule has 1 aromatic rings. The van der Waals surface area contributed by atoms with E-state index in [1.54, 1.807) is 0 Å². The molecule has 0 unspecified atom stereocenters. The summed E-state index contributed by atoms with van der Waals surface area (Å²) in [6.45, 7) is 0. The summed E-state index contributed by atoms with van der Waals surface area (Å²) in [5.41, 5.74) is 7.36. The minimum atomic E-state index is -2.48. The van der Waals surface area contributed by atoms with E-state index in [0.29, 0.717) is 0 Å². The standard InChI is InChI=1S/C6H6.CN2O2S/c1-2-4-6-5-3-1;2-3-1-6(4)5/h1-6H;. The van der Waals surface area contributed by atoms with Crippen LogP contribution < -0.4 is 0 Å². The van der Waals surface area contributed by atoms with Gasteiger partial charge in [0.1, 0.15) is 0 Å². The van der Waals surface area contributed by atoms with Crippen LogP contribution in [0.1, 0.15) is 0 Å². The SMILES string of the molecule is [N-]=[N+]=C=S(=O)=O.c1ccccc1. The summed E-state index contributed by atoms with van der Waals surface area (Å²) in [7, 11) is -2.48. The van der Waals surface area contributed by atoms with Gasteiger partial charge in [0.25, 0.3) is 0 Å². The van der Waals surface area contributed by atoms with Gasteiger partial charge in [-0.3, -0.25) is 0 Å². The van der Waals surface area contributed by atoms with Gasteiger partial charge in [-0.05, 0) is 0 Å². The Kier molecular flexibility index (Phi) is 6.40. The Hall–Kier alpha value is -1.67. The van der Waals surface area contributed by atoms with E-state index in [4.69, 9.17) is 5.53 Å². The van der Waals surface area contributed by atoms with Crippen LogP contribution in [0.2, 0.25) is 0 Å². The summed E-state index contributed by atoms with van der Waals surface area (Å²) in [6, 6.07) is 12.0. The van der Waals surface area contributed by atoms with Crippen molar-refractivity contribution in [2.24, 2.45) is 0 Å². The molecule has 0 radical (unpaired) electrons. The van der Waals surface area contributed by atoms with Gasteiger partial charge < -0.3 is 5.53 Å². The predicted octanol–water partition coefficient (Wildman–Crippen LogP) is 0.687. The third kappa shape index (κ3) is 8.33. The van der Waals surface area contributed by atoms with Gasteiger partial charge >= 0.3 is 15.5 Å². The lowest BCUT2D eigenvalue weighted by Gasteiger charge is -1.69. The van der Waals surface area contributed by atoms with Crippen molar-refractivity contribution in [2.75, 3.05) is 0 Å². The van der Waals surface area contributed by atoms with Crippen molar-refractivity contribution in [3.63, 3.8) is 0 Å². The minimum absolute atomic E-state index is 1.31. The minimum Gasteiger partial charge on any atom is -0.347 e. The van der Waals surface area contributed by atoms with Crippen molar-refractivity contribution in [1.29, 1.82) is 0 Å². The van der Waals surface area contributed by atoms with Crippen molar-refractivity contribution >= 4 is 15.5 Å². The second kappa shape index (κ2) is 7.44. The zero-order chi connectivity index (χ0) is 9.23. The highest BCUT2D eigenvalue weighted by Crippen LogP contribution is 1.79. The van der Waals surface area contributed by atoms with E-state index < -0.39 is 10.3 Å². The summed E-state index contributed by atoms with van der Waals surface area (Å²) in [4.78, 5) is 2.07. The van der Waals surface area contributed by atoms with E-state index in [1.807, 2.05) is 36.4 Å². The van der Waals surface area contributed by atoms with Gasteiger partial charge in [-0.1, -0.05) is 41.2 Å². The molecule has 0 N–H and O–H groups in total. The van der Waals surface area contributed by atoms with Crippen LogP contribution in [0.15, 0.2) is 36.4 Å². The number of rotatable bonds is 0. The molecule has 0 fully saturated rings. The number of hydrogen-bond donors (Lipinski definition) is 0. The fourth-order valence-electron chi connectivity index (χ4n) is 0.418. The summed E-state index contributed by atoms with van der Waals surface area (Å²) in [5.74, 6) is 0. The molecular weight excluding hydrogens is 176 g/mol. The first-order valence-electron chi connectivity index (χ1n) is 2.96. The Morgan fingerprint density at radius 1 is 1.00 bits per heavy atom. The van der Waals surface area contributed by atoms with Gasteiger partial charge in [0, 0.05) is 0 Å². The van der Waals surface area contributed by atoms with Gasteiger partial charge in [0.05, 0.1) is 0 Å². The third-order valence-corrected chi connectivity index (χ3v) is 1.01. The summed E-state index contributed by atoms with van der Waals surface area (Å²) in [6.07, 6.45) is 0. The van der Waals surface area contributed by atoms with Crippen molar-refractivity contribution in [3.05, 3.63) is 41.9 Å². The Morgan fingerprint density at radius 3 is 1.42 bits per heavy atom. The van der Waals surface area contributed by atoms with Crippen molar-refractivity contribution in [1.82, 2.24) is 0 Å². The van der Waals surface area contributed by atoms with Crippen molar-refractivity contribution in [3.8, 4) is 0 Å². The van der Waals surface area contributed by atoms with Crippen molar-refractivity contribution < 1.29 is 13.2 Å². The second-order valence-electron chi connectivity index (χ2n) is 1.58. The first kappa shape index (κ1) is 10.3. The molecule has 4 nitrogen and oxygen atoms in total. The van der Waals surface area contributed by atoms with Gasteiger partial charge in [0.2, 0.25) is 0 Å². The molecule has 0 aliphatic carbocycles. The summed E-state index contributed by atoms with van der Waals surface area (Å²) in [5, 5.41) is 1.31. The molecule has 0 saturated heterocycles. The average Bonchev–Trinajstić information content (AvgIpc) is 2.08. The zero-order valence-corrected chi connectivity index (χ0v) is 6.90. The van der Waals surface area contributed by atoms with Crippen LogP contribution in [-0.2, 0) is 10.3 Å². The molecule has 0 amide bonds. The second-order valence-corrected chi connectivity index (χ2v) is 2.23.